The minimum atomic E-state index is -0.661. The molecule has 0 amide bonds. The third kappa shape index (κ3) is 1.58. The Bertz CT molecular complexity index is 700. The summed E-state index contributed by atoms with van der Waals surface area (Å²) in [5, 5.41) is 12.3. The molecule has 4 rings (SSSR count). The molecule has 1 atom stereocenters. The first-order valence-electron chi connectivity index (χ1n) is 6.87. The summed E-state index contributed by atoms with van der Waals surface area (Å²) in [5.74, 6) is 0. The highest BCUT2D eigenvalue weighted by Crippen LogP contribution is 2.44. The molecule has 1 N–H and O–H groups in total. The van der Waals surface area contributed by atoms with Gasteiger partial charge in [0.05, 0.1) is 5.69 Å². The van der Waals surface area contributed by atoms with Crippen molar-refractivity contribution >= 4 is 26.8 Å². The first-order valence-corrected chi connectivity index (χ1v) is 7.67. The topological polar surface area (TPSA) is 25.2 Å². The van der Waals surface area contributed by atoms with Crippen LogP contribution in [0.5, 0.6) is 0 Å². The van der Waals surface area contributed by atoms with E-state index in [4.69, 9.17) is 0 Å². The lowest BCUT2D eigenvalue weighted by atomic mass is 9.81. The molecule has 0 saturated carbocycles. The van der Waals surface area contributed by atoms with Crippen molar-refractivity contribution in [3.8, 4) is 0 Å². The number of aryl methyl sites for hydroxylation is 1. The summed E-state index contributed by atoms with van der Waals surface area (Å²) in [6.45, 7) is 0.871. The van der Waals surface area contributed by atoms with Gasteiger partial charge >= 0.3 is 0 Å². The second-order valence-corrected chi connectivity index (χ2v) is 6.58. The zero-order valence-corrected chi connectivity index (χ0v) is 12.3. The molecule has 2 aromatic rings. The summed E-state index contributed by atoms with van der Waals surface area (Å²) >= 11 is 3.57. The summed E-state index contributed by atoms with van der Waals surface area (Å²) in [7, 11) is 0. The van der Waals surface area contributed by atoms with Crippen LogP contribution in [0.4, 0.5) is 0 Å². The number of hydrogen-bond acceptors (Lipinski definition) is 1. The number of allylic oxidation sites excluding steroid dienone is 1. The van der Waals surface area contributed by atoms with E-state index in [1.807, 2.05) is 0 Å². The molecule has 3 heteroatoms. The summed E-state index contributed by atoms with van der Waals surface area (Å²) in [6.07, 6.45) is 8.09. The van der Waals surface area contributed by atoms with Gasteiger partial charge in [-0.05, 0) is 49.4 Å². The lowest BCUT2D eigenvalue weighted by Crippen LogP contribution is -2.31. The Kier molecular flexibility index (Phi) is 2.45. The molecule has 1 aliphatic carbocycles. The zero-order valence-electron chi connectivity index (χ0n) is 10.7. The van der Waals surface area contributed by atoms with Crippen molar-refractivity contribution in [1.29, 1.82) is 0 Å². The van der Waals surface area contributed by atoms with Crippen molar-refractivity contribution in [2.45, 2.75) is 37.8 Å². The average Bonchev–Trinajstić information content (AvgIpc) is 2.58. The number of aromatic nitrogens is 1. The van der Waals surface area contributed by atoms with Crippen LogP contribution >= 0.6 is 15.9 Å². The number of nitrogens with zero attached hydrogens (tertiary/aromatic N) is 1. The van der Waals surface area contributed by atoms with Gasteiger partial charge in [-0.1, -0.05) is 28.1 Å². The van der Waals surface area contributed by atoms with E-state index in [0.29, 0.717) is 0 Å². The molecule has 0 fully saturated rings. The van der Waals surface area contributed by atoms with Crippen LogP contribution in [0.3, 0.4) is 0 Å². The summed E-state index contributed by atoms with van der Waals surface area (Å²) in [5.41, 5.74) is 3.11. The number of halogens is 1. The Labute approximate surface area is 120 Å². The van der Waals surface area contributed by atoms with Gasteiger partial charge in [-0.25, -0.2) is 0 Å². The molecule has 1 aliphatic heterocycles. The molecular weight excluding hydrogens is 302 g/mol. The zero-order chi connectivity index (χ0) is 13.0. The van der Waals surface area contributed by atoms with Crippen LogP contribution in [0, 0.1) is 0 Å². The lowest BCUT2D eigenvalue weighted by Gasteiger charge is -2.32. The summed E-state index contributed by atoms with van der Waals surface area (Å²) in [6, 6.07) is 6.45. The summed E-state index contributed by atoms with van der Waals surface area (Å²) < 4.78 is 3.42. The van der Waals surface area contributed by atoms with Gasteiger partial charge in [-0.3, -0.25) is 0 Å². The molecule has 19 heavy (non-hydrogen) atoms. The Hall–Kier alpha value is -1.06. The van der Waals surface area contributed by atoms with Crippen molar-refractivity contribution in [2.24, 2.45) is 0 Å². The van der Waals surface area contributed by atoms with Crippen LogP contribution in [-0.2, 0) is 18.6 Å². The van der Waals surface area contributed by atoms with Crippen molar-refractivity contribution in [3.05, 3.63) is 46.1 Å². The number of hydrogen-bond donors (Lipinski definition) is 1. The maximum absolute atomic E-state index is 11.0. The van der Waals surface area contributed by atoms with Gasteiger partial charge in [-0.2, -0.15) is 0 Å². The van der Waals surface area contributed by atoms with Gasteiger partial charge < -0.3 is 9.67 Å². The standard InChI is InChI=1S/C16H16BrNO/c17-11-5-6-14-13(10-11)12-4-3-8-16(19)7-1-2-9-18(14)15(12)16/h1-2,5-6,10,19H,3-4,7-9H2/t16-/m1/s1. The third-order valence-corrected chi connectivity index (χ3v) is 4.99. The Morgan fingerprint density at radius 2 is 2.16 bits per heavy atom. The van der Waals surface area contributed by atoms with E-state index in [1.165, 1.54) is 16.5 Å². The molecule has 2 aliphatic rings. The number of benzene rings is 1. The SMILES string of the molecule is O[C@@]12CC=CCn3c1c(c1cc(Br)ccc13)CCC2. The van der Waals surface area contributed by atoms with E-state index in [2.05, 4.69) is 50.8 Å². The highest BCUT2D eigenvalue weighted by Gasteiger charge is 2.38. The predicted octanol–water partition coefficient (Wildman–Crippen LogP) is 3.89. The fourth-order valence-electron chi connectivity index (χ4n) is 3.70. The van der Waals surface area contributed by atoms with Crippen molar-refractivity contribution in [3.63, 3.8) is 0 Å². The molecule has 1 aromatic heterocycles. The van der Waals surface area contributed by atoms with E-state index in [1.54, 1.807) is 0 Å². The minimum absolute atomic E-state index is 0.661. The first kappa shape index (κ1) is 11.7. The Morgan fingerprint density at radius 3 is 3.05 bits per heavy atom. The first-order chi connectivity index (χ1) is 9.19. The van der Waals surface area contributed by atoms with Gasteiger partial charge in [0.25, 0.3) is 0 Å². The molecule has 0 spiro atoms. The monoisotopic (exact) mass is 317 g/mol. The van der Waals surface area contributed by atoms with Gasteiger partial charge in [0.1, 0.15) is 5.60 Å². The number of rotatable bonds is 0. The lowest BCUT2D eigenvalue weighted by molar-refractivity contribution is 0.0160. The fraction of sp³-hybridized carbons (Fsp3) is 0.375. The third-order valence-electron chi connectivity index (χ3n) is 4.50. The highest BCUT2D eigenvalue weighted by molar-refractivity contribution is 9.10. The van der Waals surface area contributed by atoms with E-state index >= 15 is 0 Å². The summed E-state index contributed by atoms with van der Waals surface area (Å²) in [4.78, 5) is 0. The molecule has 98 valence electrons. The van der Waals surface area contributed by atoms with E-state index in [9.17, 15) is 5.11 Å². The Balaban J connectivity index is 2.14. The smallest absolute Gasteiger partial charge is 0.108 e. The number of fused-ring (bicyclic) bond motifs is 3. The molecule has 1 aromatic carbocycles. The maximum atomic E-state index is 11.0. The molecule has 2 heterocycles. The van der Waals surface area contributed by atoms with Gasteiger partial charge in [0.15, 0.2) is 0 Å². The molecule has 0 bridgehead atoms. The predicted molar refractivity (Wildman–Crippen MR) is 80.2 cm³/mol. The van der Waals surface area contributed by atoms with E-state index in [0.717, 1.165) is 42.4 Å². The second-order valence-electron chi connectivity index (χ2n) is 5.66. The highest BCUT2D eigenvalue weighted by atomic mass is 79.9. The number of aliphatic hydroxyl groups is 1. The van der Waals surface area contributed by atoms with Crippen LogP contribution in [0.15, 0.2) is 34.8 Å². The van der Waals surface area contributed by atoms with Gasteiger partial charge in [-0.15, -0.1) is 0 Å². The fourth-order valence-corrected chi connectivity index (χ4v) is 4.07. The van der Waals surface area contributed by atoms with Crippen molar-refractivity contribution in [1.82, 2.24) is 4.57 Å². The quantitative estimate of drug-likeness (QED) is 0.733. The average molecular weight is 318 g/mol. The van der Waals surface area contributed by atoms with Crippen LogP contribution in [0.25, 0.3) is 10.9 Å². The second kappa shape index (κ2) is 3.97. The largest absolute Gasteiger partial charge is 0.383 e. The van der Waals surface area contributed by atoms with E-state index in [-0.39, 0.29) is 0 Å². The molecule has 0 unspecified atom stereocenters. The van der Waals surface area contributed by atoms with E-state index < -0.39 is 5.60 Å². The van der Waals surface area contributed by atoms with Crippen molar-refractivity contribution in [2.75, 3.05) is 0 Å². The van der Waals surface area contributed by atoms with Crippen molar-refractivity contribution < 1.29 is 5.11 Å². The van der Waals surface area contributed by atoms with Crippen LogP contribution in [-0.4, -0.2) is 9.67 Å². The maximum Gasteiger partial charge on any atom is 0.108 e. The van der Waals surface area contributed by atoms with Crippen LogP contribution < -0.4 is 0 Å². The molecule has 0 saturated heterocycles. The minimum Gasteiger partial charge on any atom is -0.383 e. The van der Waals surface area contributed by atoms with Crippen LogP contribution in [0.2, 0.25) is 0 Å². The normalized spacial score (nSPS) is 25.4. The van der Waals surface area contributed by atoms with Gasteiger partial charge in [0.2, 0.25) is 0 Å². The van der Waals surface area contributed by atoms with Gasteiger partial charge in [0, 0.05) is 21.9 Å². The van der Waals surface area contributed by atoms with Crippen LogP contribution in [0.1, 0.15) is 30.5 Å². The molecule has 2 nitrogen and oxygen atoms in total. The molecule has 0 radical (unpaired) electrons. The Morgan fingerprint density at radius 1 is 1.26 bits per heavy atom. The molecular formula is C16H16BrNO.